The molecule has 0 radical (unpaired) electrons. The summed E-state index contributed by atoms with van der Waals surface area (Å²) in [4.78, 5) is 20.1. The lowest BCUT2D eigenvalue weighted by Crippen LogP contribution is -2.34. The van der Waals surface area contributed by atoms with Gasteiger partial charge in [-0.05, 0) is 50.2 Å². The normalized spacial score (nSPS) is 12.7. The number of hydrogen-bond acceptors (Lipinski definition) is 4. The van der Waals surface area contributed by atoms with Crippen molar-refractivity contribution < 1.29 is 4.79 Å². The number of carbonyl (C=O) groups excluding carboxylic acids is 1. The number of nitrogens with zero attached hydrogens (tertiary/aromatic N) is 3. The van der Waals surface area contributed by atoms with Gasteiger partial charge in [0, 0.05) is 23.8 Å². The molecule has 0 aliphatic heterocycles. The number of likely N-dealkylation sites (N-methyl/N-ethyl adjacent to an activating group) is 1. The van der Waals surface area contributed by atoms with Crippen LogP contribution < -0.4 is 5.32 Å². The Morgan fingerprint density at radius 2 is 2.26 bits per heavy atom. The maximum absolute atomic E-state index is 12.4. The predicted molar refractivity (Wildman–Crippen MR) is 93.0 cm³/mol. The van der Waals surface area contributed by atoms with Crippen LogP contribution >= 0.6 is 11.3 Å². The molecule has 0 saturated carbocycles. The van der Waals surface area contributed by atoms with Gasteiger partial charge >= 0.3 is 0 Å². The van der Waals surface area contributed by atoms with Gasteiger partial charge in [-0.2, -0.15) is 0 Å². The zero-order valence-electron chi connectivity index (χ0n) is 13.5. The zero-order chi connectivity index (χ0) is 16.4. The molecule has 3 rings (SSSR count). The van der Waals surface area contributed by atoms with E-state index >= 15 is 0 Å². The van der Waals surface area contributed by atoms with Gasteiger partial charge in [-0.25, -0.2) is 4.98 Å². The van der Waals surface area contributed by atoms with Crippen LogP contribution in [0.1, 0.15) is 27.0 Å². The van der Waals surface area contributed by atoms with Gasteiger partial charge in [-0.15, -0.1) is 11.3 Å². The molecule has 0 saturated heterocycles. The van der Waals surface area contributed by atoms with Crippen molar-refractivity contribution in [1.29, 1.82) is 0 Å². The second kappa shape index (κ2) is 6.52. The second-order valence-corrected chi connectivity index (χ2v) is 6.78. The first-order valence-corrected chi connectivity index (χ1v) is 8.36. The first-order chi connectivity index (χ1) is 11.0. The van der Waals surface area contributed by atoms with Crippen LogP contribution in [-0.4, -0.2) is 40.8 Å². The Morgan fingerprint density at radius 1 is 1.43 bits per heavy atom. The third-order valence-electron chi connectivity index (χ3n) is 3.80. The van der Waals surface area contributed by atoms with Crippen molar-refractivity contribution in [2.75, 3.05) is 20.6 Å². The van der Waals surface area contributed by atoms with Crippen molar-refractivity contribution >= 4 is 22.9 Å². The summed E-state index contributed by atoms with van der Waals surface area (Å²) in [6.07, 6.45) is 3.68. The Bertz CT molecular complexity index is 807. The summed E-state index contributed by atoms with van der Waals surface area (Å²) in [5.74, 6) is -0.144. The first kappa shape index (κ1) is 15.7. The minimum atomic E-state index is -0.144. The van der Waals surface area contributed by atoms with Crippen molar-refractivity contribution in [3.63, 3.8) is 0 Å². The topological polar surface area (TPSA) is 49.6 Å². The Morgan fingerprint density at radius 3 is 2.96 bits per heavy atom. The summed E-state index contributed by atoms with van der Waals surface area (Å²) in [6, 6.07) is 8.25. The van der Waals surface area contributed by atoms with Crippen molar-refractivity contribution in [3.05, 3.63) is 58.2 Å². The van der Waals surface area contributed by atoms with Crippen LogP contribution in [0.4, 0.5) is 0 Å². The lowest BCUT2D eigenvalue weighted by atomic mass is 10.2. The Labute approximate surface area is 139 Å². The molecule has 1 N–H and O–H groups in total. The molecule has 0 aliphatic rings. The van der Waals surface area contributed by atoms with Crippen LogP contribution in [0.15, 0.2) is 42.0 Å². The number of rotatable bonds is 5. The van der Waals surface area contributed by atoms with Crippen LogP contribution in [0.2, 0.25) is 0 Å². The van der Waals surface area contributed by atoms with E-state index in [4.69, 9.17) is 0 Å². The Kier molecular flexibility index (Phi) is 4.45. The maximum atomic E-state index is 12.4. The summed E-state index contributed by atoms with van der Waals surface area (Å²) in [6.45, 7) is 2.57. The molecule has 1 amide bonds. The molecule has 0 aliphatic carbocycles. The van der Waals surface area contributed by atoms with Gasteiger partial charge in [0.25, 0.3) is 5.91 Å². The molecular weight excluding hydrogens is 308 g/mol. The summed E-state index contributed by atoms with van der Waals surface area (Å²) in [7, 11) is 4.04. The zero-order valence-corrected chi connectivity index (χ0v) is 14.3. The fourth-order valence-electron chi connectivity index (χ4n) is 2.49. The van der Waals surface area contributed by atoms with E-state index in [2.05, 4.69) is 26.6 Å². The molecule has 120 valence electrons. The van der Waals surface area contributed by atoms with Gasteiger partial charge < -0.3 is 14.6 Å². The number of thiophene rings is 1. The number of hydrogen-bond donors (Lipinski definition) is 1. The number of aromatic nitrogens is 2. The van der Waals surface area contributed by atoms with Crippen molar-refractivity contribution in [2.24, 2.45) is 0 Å². The van der Waals surface area contributed by atoms with Crippen LogP contribution in [0.25, 0.3) is 5.65 Å². The number of nitrogens with one attached hydrogen (secondary N) is 1. The first-order valence-electron chi connectivity index (χ1n) is 7.48. The third kappa shape index (κ3) is 3.43. The molecule has 6 heteroatoms. The maximum Gasteiger partial charge on any atom is 0.271 e. The van der Waals surface area contributed by atoms with E-state index in [-0.39, 0.29) is 11.9 Å². The molecule has 1 atom stereocenters. The second-order valence-electron chi connectivity index (χ2n) is 5.80. The summed E-state index contributed by atoms with van der Waals surface area (Å²) < 4.78 is 1.87. The van der Waals surface area contributed by atoms with E-state index in [1.165, 1.54) is 4.88 Å². The minimum Gasteiger partial charge on any atom is -0.349 e. The van der Waals surface area contributed by atoms with E-state index in [0.29, 0.717) is 12.2 Å². The monoisotopic (exact) mass is 328 g/mol. The molecule has 0 aromatic carbocycles. The molecule has 3 aromatic heterocycles. The number of pyridine rings is 1. The van der Waals surface area contributed by atoms with Crippen molar-refractivity contribution in [1.82, 2.24) is 19.6 Å². The Hall–Kier alpha value is -2.18. The fourth-order valence-corrected chi connectivity index (χ4v) is 3.41. The number of aryl methyl sites for hydroxylation is 1. The number of amides is 1. The van der Waals surface area contributed by atoms with Crippen LogP contribution in [0.3, 0.4) is 0 Å². The van der Waals surface area contributed by atoms with E-state index in [0.717, 1.165) is 11.2 Å². The van der Waals surface area contributed by atoms with Crippen LogP contribution in [-0.2, 0) is 0 Å². The number of imidazole rings is 1. The van der Waals surface area contributed by atoms with E-state index in [9.17, 15) is 4.79 Å². The van der Waals surface area contributed by atoms with Gasteiger partial charge in [0.05, 0.1) is 6.04 Å². The smallest absolute Gasteiger partial charge is 0.271 e. The highest BCUT2D eigenvalue weighted by Crippen LogP contribution is 2.22. The fraction of sp³-hybridized carbons (Fsp3) is 0.294. The highest BCUT2D eigenvalue weighted by atomic mass is 32.1. The van der Waals surface area contributed by atoms with Crippen LogP contribution in [0, 0.1) is 6.92 Å². The Balaban J connectivity index is 1.72. The average molecular weight is 328 g/mol. The van der Waals surface area contributed by atoms with Gasteiger partial charge in [0.2, 0.25) is 0 Å². The molecule has 3 heterocycles. The largest absolute Gasteiger partial charge is 0.349 e. The standard InChI is InChI=1S/C17H20N4OS/c1-12-6-7-21-11-13(19-16(21)9-12)17(22)18-10-14(20(2)3)15-5-4-8-23-15/h4-9,11,14H,10H2,1-3H3,(H,18,22)/t14-/m1/s1. The summed E-state index contributed by atoms with van der Waals surface area (Å²) in [5.41, 5.74) is 2.36. The lowest BCUT2D eigenvalue weighted by Gasteiger charge is -2.23. The number of carbonyl (C=O) groups is 1. The van der Waals surface area contributed by atoms with Gasteiger partial charge in [0.15, 0.2) is 0 Å². The SMILES string of the molecule is Cc1ccn2cc(C(=O)NC[C@H](c3cccs3)N(C)C)nc2c1. The van der Waals surface area contributed by atoms with E-state index in [1.807, 2.05) is 49.8 Å². The van der Waals surface area contributed by atoms with Crippen molar-refractivity contribution in [2.45, 2.75) is 13.0 Å². The number of fused-ring (bicyclic) bond motifs is 1. The summed E-state index contributed by atoms with van der Waals surface area (Å²) in [5, 5.41) is 5.05. The predicted octanol–water partition coefficient (Wildman–Crippen LogP) is 2.74. The van der Waals surface area contributed by atoms with Gasteiger partial charge in [-0.1, -0.05) is 6.07 Å². The van der Waals surface area contributed by atoms with Gasteiger partial charge in [-0.3, -0.25) is 4.79 Å². The molecule has 0 unspecified atom stereocenters. The molecule has 5 nitrogen and oxygen atoms in total. The highest BCUT2D eigenvalue weighted by molar-refractivity contribution is 7.10. The third-order valence-corrected chi connectivity index (χ3v) is 4.77. The molecule has 23 heavy (non-hydrogen) atoms. The van der Waals surface area contributed by atoms with Crippen molar-refractivity contribution in [3.8, 4) is 0 Å². The molecular formula is C17H20N4OS. The minimum absolute atomic E-state index is 0.144. The highest BCUT2D eigenvalue weighted by Gasteiger charge is 2.18. The van der Waals surface area contributed by atoms with E-state index in [1.54, 1.807) is 17.5 Å². The average Bonchev–Trinajstić information content (AvgIpc) is 3.15. The molecule has 0 fully saturated rings. The molecule has 0 spiro atoms. The quantitative estimate of drug-likeness (QED) is 0.783. The van der Waals surface area contributed by atoms with E-state index < -0.39 is 0 Å². The van der Waals surface area contributed by atoms with Crippen LogP contribution in [0.5, 0.6) is 0 Å². The van der Waals surface area contributed by atoms with Gasteiger partial charge in [0.1, 0.15) is 11.3 Å². The molecule has 3 aromatic rings. The molecule has 0 bridgehead atoms. The lowest BCUT2D eigenvalue weighted by molar-refractivity contribution is 0.0938. The summed E-state index contributed by atoms with van der Waals surface area (Å²) >= 11 is 1.70.